The molecule has 36 valence electrons. The van der Waals surface area contributed by atoms with E-state index in [1.165, 1.54) is 19.2 Å². The predicted octanol–water partition coefficient (Wildman–Crippen LogP) is 1.15. The molecule has 0 aromatic heterocycles. The molecule has 0 spiro atoms. The van der Waals surface area contributed by atoms with Gasteiger partial charge in [0.15, 0.2) is 0 Å². The number of hydrogen-bond acceptors (Lipinski definition) is 2. The van der Waals surface area contributed by atoms with Gasteiger partial charge in [0.1, 0.15) is 0 Å². The van der Waals surface area contributed by atoms with Gasteiger partial charge in [-0.15, -0.1) is 0 Å². The van der Waals surface area contributed by atoms with Crippen molar-refractivity contribution in [2.24, 2.45) is 10.1 Å². The van der Waals surface area contributed by atoms with Gasteiger partial charge in [0.2, 0.25) is 0 Å². The van der Waals surface area contributed by atoms with Crippen LogP contribution in [0.15, 0.2) is 10.1 Å². The Bertz CT molecular complexity index is 100. The molecular formula is C4H7BN2. The van der Waals surface area contributed by atoms with Crippen molar-refractivity contribution in [2.75, 3.05) is 0 Å². The second kappa shape index (κ2) is 1.08. The smallest absolute Gasteiger partial charge is 0.257 e. The van der Waals surface area contributed by atoms with E-state index in [-0.39, 0.29) is 0 Å². The first kappa shape index (κ1) is 3.64. The van der Waals surface area contributed by atoms with Crippen LogP contribution in [0.4, 0.5) is 0 Å². The molecule has 1 atom stereocenters. The van der Waals surface area contributed by atoms with E-state index < -0.39 is 0 Å². The fraction of sp³-hybridized carbons (Fsp3) is 1.00. The van der Waals surface area contributed by atoms with Crippen LogP contribution in [0.1, 0.15) is 12.8 Å². The molecule has 2 heterocycles. The number of nitrogens with zero attached hydrogens (tertiary/aromatic N) is 2. The topological polar surface area (TPSA) is 24.7 Å². The highest BCUT2D eigenvalue weighted by Crippen LogP contribution is 2.29. The van der Waals surface area contributed by atoms with Gasteiger partial charge in [0.05, 0.1) is 5.94 Å². The minimum absolute atomic E-state index is 0.653. The van der Waals surface area contributed by atoms with Gasteiger partial charge >= 0.3 is 6.85 Å². The third kappa shape index (κ3) is 0.354. The van der Waals surface area contributed by atoms with E-state index in [0.717, 1.165) is 0 Å². The summed E-state index contributed by atoms with van der Waals surface area (Å²) in [7, 11) is 0. The molecule has 0 N–H and O–H groups in total. The fourth-order valence-corrected chi connectivity index (χ4v) is 1.29. The largest absolute Gasteiger partial charge is 0.334 e. The summed E-state index contributed by atoms with van der Waals surface area (Å²) in [5.74, 6) is 0.653. The van der Waals surface area contributed by atoms with E-state index in [4.69, 9.17) is 0 Å². The summed E-state index contributed by atoms with van der Waals surface area (Å²) in [6.07, 6.45) is 3.95. The van der Waals surface area contributed by atoms with Crippen LogP contribution in [0.3, 0.4) is 0 Å². The highest BCUT2D eigenvalue weighted by molar-refractivity contribution is 6.61. The fourth-order valence-electron chi connectivity index (χ4n) is 1.29. The molecule has 0 bridgehead atoms. The second-order valence-corrected chi connectivity index (χ2v) is 2.30. The summed E-state index contributed by atoms with van der Waals surface area (Å²) >= 11 is 0. The van der Waals surface area contributed by atoms with Crippen LogP contribution in [0.25, 0.3) is 0 Å². The highest BCUT2D eigenvalue weighted by atomic mass is 15.2. The molecule has 1 saturated heterocycles. The van der Waals surface area contributed by atoms with Crippen LogP contribution >= 0.6 is 0 Å². The number of hydrogen-bond donors (Lipinski definition) is 0. The van der Waals surface area contributed by atoms with Crippen LogP contribution in [0, 0.1) is 0 Å². The van der Waals surface area contributed by atoms with Gasteiger partial charge in [0, 0.05) is 0 Å². The molecule has 2 nitrogen and oxygen atoms in total. The van der Waals surface area contributed by atoms with E-state index in [1.807, 2.05) is 0 Å². The molecule has 1 fully saturated rings. The van der Waals surface area contributed by atoms with Crippen molar-refractivity contribution in [3.8, 4) is 0 Å². The van der Waals surface area contributed by atoms with Gasteiger partial charge in [-0.25, -0.2) is 5.11 Å². The van der Waals surface area contributed by atoms with Gasteiger partial charge in [-0.1, -0.05) is 6.42 Å². The summed E-state index contributed by atoms with van der Waals surface area (Å²) < 4.78 is 0. The third-order valence-corrected chi connectivity index (χ3v) is 1.81. The quantitative estimate of drug-likeness (QED) is 0.402. The van der Waals surface area contributed by atoms with Crippen molar-refractivity contribution in [2.45, 2.75) is 25.1 Å². The van der Waals surface area contributed by atoms with Gasteiger partial charge in [-0.05, 0) is 12.7 Å². The first-order valence-corrected chi connectivity index (χ1v) is 2.87. The standard InChI is InChI=1S/C4H7BN2/c1-2-4-5(3-1)7-6-4/h4H,1-3H2. The van der Waals surface area contributed by atoms with Crippen molar-refractivity contribution < 1.29 is 0 Å². The van der Waals surface area contributed by atoms with E-state index in [9.17, 15) is 0 Å². The Hall–Kier alpha value is -0.335. The number of fused-ring (bicyclic) bond motifs is 1. The van der Waals surface area contributed by atoms with E-state index >= 15 is 0 Å². The molecule has 1 unspecified atom stereocenters. The molecule has 0 saturated carbocycles. The summed E-state index contributed by atoms with van der Waals surface area (Å²) in [6, 6.07) is 0. The molecule has 0 radical (unpaired) electrons. The SMILES string of the molecule is C1CB2N=NC2C1. The minimum atomic E-state index is 0.653. The lowest BCUT2D eigenvalue weighted by Crippen LogP contribution is -2.27. The average molecular weight is 93.9 g/mol. The van der Waals surface area contributed by atoms with E-state index in [0.29, 0.717) is 12.8 Å². The Labute approximate surface area is 43.1 Å². The minimum Gasteiger partial charge on any atom is -0.257 e. The lowest BCUT2D eigenvalue weighted by Gasteiger charge is -2.13. The molecule has 0 aromatic carbocycles. The third-order valence-electron chi connectivity index (χ3n) is 1.81. The Morgan fingerprint density at radius 2 is 2.57 bits per heavy atom. The van der Waals surface area contributed by atoms with Gasteiger partial charge in [0.25, 0.3) is 0 Å². The van der Waals surface area contributed by atoms with E-state index in [1.54, 1.807) is 0 Å². The van der Waals surface area contributed by atoms with Gasteiger partial charge in [-0.3, -0.25) is 5.03 Å². The predicted molar refractivity (Wildman–Crippen MR) is 28.4 cm³/mol. The Morgan fingerprint density at radius 3 is 2.86 bits per heavy atom. The molecule has 0 aromatic rings. The Morgan fingerprint density at radius 1 is 1.57 bits per heavy atom. The molecule has 2 aliphatic rings. The summed E-state index contributed by atoms with van der Waals surface area (Å²) in [5, 5.41) is 7.91. The van der Waals surface area contributed by atoms with Crippen molar-refractivity contribution in [1.29, 1.82) is 0 Å². The molecule has 7 heavy (non-hydrogen) atoms. The van der Waals surface area contributed by atoms with Crippen molar-refractivity contribution in [3.63, 3.8) is 0 Å². The summed E-state index contributed by atoms with van der Waals surface area (Å²) in [4.78, 5) is 0. The van der Waals surface area contributed by atoms with Crippen molar-refractivity contribution >= 4 is 6.85 Å². The zero-order valence-electron chi connectivity index (χ0n) is 4.17. The van der Waals surface area contributed by atoms with Crippen LogP contribution < -0.4 is 0 Å². The van der Waals surface area contributed by atoms with Crippen LogP contribution in [-0.2, 0) is 0 Å². The zero-order valence-corrected chi connectivity index (χ0v) is 4.17. The lowest BCUT2D eigenvalue weighted by atomic mass is 9.56. The molecular weight excluding hydrogens is 86.9 g/mol. The maximum Gasteiger partial charge on any atom is 0.334 e. The first-order valence-electron chi connectivity index (χ1n) is 2.87. The Balaban J connectivity index is 2.17. The molecule has 2 aliphatic heterocycles. The van der Waals surface area contributed by atoms with Gasteiger partial charge < -0.3 is 0 Å². The molecule has 2 rings (SSSR count). The maximum absolute atomic E-state index is 3.96. The summed E-state index contributed by atoms with van der Waals surface area (Å²) in [6.45, 7) is 0.653. The van der Waals surface area contributed by atoms with Crippen LogP contribution in [-0.4, -0.2) is 12.8 Å². The highest BCUT2D eigenvalue weighted by Gasteiger charge is 2.37. The second-order valence-electron chi connectivity index (χ2n) is 2.30. The van der Waals surface area contributed by atoms with Crippen molar-refractivity contribution in [3.05, 3.63) is 0 Å². The van der Waals surface area contributed by atoms with Crippen molar-refractivity contribution in [1.82, 2.24) is 0 Å². The van der Waals surface area contributed by atoms with E-state index in [2.05, 4.69) is 10.1 Å². The monoisotopic (exact) mass is 94.1 g/mol. The maximum atomic E-state index is 3.96. The normalized spacial score (nSPS) is 35.4. The molecule has 0 aliphatic carbocycles. The lowest BCUT2D eigenvalue weighted by molar-refractivity contribution is 0.744. The molecule has 0 amide bonds. The Kier molecular flexibility index (Phi) is 0.564. The molecule has 3 heteroatoms. The first-order chi connectivity index (χ1) is 3.47. The number of rotatable bonds is 0. The summed E-state index contributed by atoms with van der Waals surface area (Å²) in [5.41, 5.74) is 0. The average Bonchev–Trinajstić information content (AvgIpc) is 1.85. The zero-order chi connectivity index (χ0) is 4.69. The van der Waals surface area contributed by atoms with Crippen LogP contribution in [0.2, 0.25) is 6.32 Å². The van der Waals surface area contributed by atoms with Crippen LogP contribution in [0.5, 0.6) is 0 Å². The van der Waals surface area contributed by atoms with Gasteiger partial charge in [-0.2, -0.15) is 0 Å².